The van der Waals surface area contributed by atoms with Gasteiger partial charge in [-0.1, -0.05) is 12.1 Å². The molecule has 2 rings (SSSR count). The minimum atomic E-state index is -0.232. The number of hydrogen-bond donors (Lipinski definition) is 1. The molecule has 2 unspecified atom stereocenters. The van der Waals surface area contributed by atoms with Crippen LogP contribution in [0, 0.1) is 19.8 Å². The van der Waals surface area contributed by atoms with Gasteiger partial charge in [-0.15, -0.1) is 0 Å². The number of nitrogens with zero attached hydrogens (tertiary/aromatic N) is 2. The highest BCUT2D eigenvalue weighted by Gasteiger charge is 2.32. The Labute approximate surface area is 118 Å². The molecule has 1 saturated heterocycles. The van der Waals surface area contributed by atoms with E-state index in [0.717, 1.165) is 17.0 Å². The van der Waals surface area contributed by atoms with E-state index in [-0.39, 0.29) is 23.7 Å². The fourth-order valence-corrected chi connectivity index (χ4v) is 2.73. The van der Waals surface area contributed by atoms with E-state index in [1.165, 1.54) is 0 Å². The zero-order chi connectivity index (χ0) is 14.9. The average molecular weight is 279 g/mol. The number of aromatic nitrogens is 1. The van der Waals surface area contributed by atoms with Crippen LogP contribution in [0.1, 0.15) is 36.3 Å². The molecular formula is C14H21N3O3. The third kappa shape index (κ3) is 2.84. The Bertz CT molecular complexity index is 504. The van der Waals surface area contributed by atoms with Gasteiger partial charge in [-0.3, -0.25) is 9.59 Å². The maximum Gasteiger partial charge on any atom is 0.225 e. The molecule has 0 saturated carbocycles. The lowest BCUT2D eigenvalue weighted by Crippen LogP contribution is -2.34. The lowest BCUT2D eigenvalue weighted by molar-refractivity contribution is -0.128. The number of carbonyl (C=O) groups is 2. The van der Waals surface area contributed by atoms with Gasteiger partial charge in [-0.05, 0) is 13.8 Å². The summed E-state index contributed by atoms with van der Waals surface area (Å²) in [6.45, 7) is 6.83. The van der Waals surface area contributed by atoms with Gasteiger partial charge in [0, 0.05) is 38.0 Å². The highest BCUT2D eigenvalue weighted by molar-refractivity contribution is 5.89. The monoisotopic (exact) mass is 279 g/mol. The Hall–Kier alpha value is -1.85. The van der Waals surface area contributed by atoms with Crippen LogP contribution in [0.3, 0.4) is 0 Å². The summed E-state index contributed by atoms with van der Waals surface area (Å²) >= 11 is 0. The molecule has 0 radical (unpaired) electrons. The Balaban J connectivity index is 1.89. The van der Waals surface area contributed by atoms with Crippen molar-refractivity contribution >= 4 is 11.8 Å². The summed E-state index contributed by atoms with van der Waals surface area (Å²) in [4.78, 5) is 25.1. The van der Waals surface area contributed by atoms with Crippen molar-refractivity contribution in [2.75, 3.05) is 20.1 Å². The lowest BCUT2D eigenvalue weighted by Gasteiger charge is -2.15. The minimum absolute atomic E-state index is 0.0314. The number of hydrogen-bond acceptors (Lipinski definition) is 4. The van der Waals surface area contributed by atoms with E-state index in [9.17, 15) is 9.59 Å². The first kappa shape index (κ1) is 14.6. The third-order valence-electron chi connectivity index (χ3n) is 3.88. The minimum Gasteiger partial charge on any atom is -0.361 e. The number of likely N-dealkylation sites (tertiary alicyclic amines) is 1. The van der Waals surface area contributed by atoms with E-state index in [0.29, 0.717) is 19.5 Å². The van der Waals surface area contributed by atoms with E-state index >= 15 is 0 Å². The van der Waals surface area contributed by atoms with Crippen LogP contribution in [0.4, 0.5) is 0 Å². The first-order valence-electron chi connectivity index (χ1n) is 6.84. The summed E-state index contributed by atoms with van der Waals surface area (Å²) in [5.74, 6) is 0.676. The van der Waals surface area contributed by atoms with Crippen LogP contribution in [-0.2, 0) is 9.59 Å². The van der Waals surface area contributed by atoms with E-state index in [1.807, 2.05) is 20.8 Å². The number of rotatable bonds is 4. The largest absolute Gasteiger partial charge is 0.361 e. The third-order valence-corrected chi connectivity index (χ3v) is 3.88. The van der Waals surface area contributed by atoms with E-state index in [4.69, 9.17) is 4.52 Å². The zero-order valence-electron chi connectivity index (χ0n) is 12.4. The van der Waals surface area contributed by atoms with Crippen LogP contribution in [0.15, 0.2) is 4.52 Å². The predicted molar refractivity (Wildman–Crippen MR) is 73.1 cm³/mol. The SMILES string of the molecule is Cc1noc(C)c1C(C)CNC(=O)C1CC(=O)N(C)C1. The molecular weight excluding hydrogens is 258 g/mol. The molecule has 0 bridgehead atoms. The van der Waals surface area contributed by atoms with Crippen LogP contribution in [0.2, 0.25) is 0 Å². The average Bonchev–Trinajstić information content (AvgIpc) is 2.90. The van der Waals surface area contributed by atoms with Gasteiger partial charge in [0.15, 0.2) is 0 Å². The first-order valence-corrected chi connectivity index (χ1v) is 6.84. The molecule has 0 aromatic carbocycles. The van der Waals surface area contributed by atoms with Crippen LogP contribution in [0.25, 0.3) is 0 Å². The summed E-state index contributed by atoms with van der Waals surface area (Å²) in [7, 11) is 1.72. The standard InChI is InChI=1S/C14H21N3O3/c1-8(13-9(2)16-20-10(13)3)6-15-14(19)11-5-12(18)17(4)7-11/h8,11H,5-7H2,1-4H3,(H,15,19). The number of nitrogens with one attached hydrogen (secondary N) is 1. The molecule has 2 atom stereocenters. The number of carbonyl (C=O) groups excluding carboxylic acids is 2. The molecule has 1 N–H and O–H groups in total. The summed E-state index contributed by atoms with van der Waals surface area (Å²) in [5.41, 5.74) is 1.91. The van der Waals surface area contributed by atoms with Crippen molar-refractivity contribution in [1.29, 1.82) is 0 Å². The fourth-order valence-electron chi connectivity index (χ4n) is 2.73. The zero-order valence-corrected chi connectivity index (χ0v) is 12.4. The quantitative estimate of drug-likeness (QED) is 0.891. The lowest BCUT2D eigenvalue weighted by atomic mass is 9.99. The topological polar surface area (TPSA) is 75.4 Å². The normalized spacial score (nSPS) is 20.3. The molecule has 2 amide bonds. The van der Waals surface area contributed by atoms with Gasteiger partial charge < -0.3 is 14.7 Å². The second kappa shape index (κ2) is 5.64. The van der Waals surface area contributed by atoms with Gasteiger partial charge in [-0.2, -0.15) is 0 Å². The van der Waals surface area contributed by atoms with Crippen LogP contribution in [-0.4, -0.2) is 42.0 Å². The summed E-state index contributed by atoms with van der Waals surface area (Å²) in [6.07, 6.45) is 0.308. The van der Waals surface area contributed by atoms with Gasteiger partial charge in [0.2, 0.25) is 11.8 Å². The van der Waals surface area contributed by atoms with E-state index in [1.54, 1.807) is 11.9 Å². The molecule has 6 nitrogen and oxygen atoms in total. The van der Waals surface area contributed by atoms with Gasteiger partial charge in [0.05, 0.1) is 11.6 Å². The molecule has 6 heteroatoms. The second-order valence-electron chi connectivity index (χ2n) is 5.56. The Kier molecular flexibility index (Phi) is 4.11. The van der Waals surface area contributed by atoms with Crippen molar-refractivity contribution in [2.24, 2.45) is 5.92 Å². The van der Waals surface area contributed by atoms with Gasteiger partial charge in [-0.25, -0.2) is 0 Å². The van der Waals surface area contributed by atoms with Crippen molar-refractivity contribution < 1.29 is 14.1 Å². The Morgan fingerprint density at radius 1 is 1.55 bits per heavy atom. The van der Waals surface area contributed by atoms with Crippen LogP contribution >= 0.6 is 0 Å². The maximum absolute atomic E-state index is 12.1. The molecule has 1 fully saturated rings. The predicted octanol–water partition coefficient (Wildman–Crippen LogP) is 0.989. The number of aryl methyl sites for hydroxylation is 2. The Morgan fingerprint density at radius 3 is 2.75 bits per heavy atom. The molecule has 20 heavy (non-hydrogen) atoms. The van der Waals surface area contributed by atoms with Crippen LogP contribution < -0.4 is 5.32 Å². The maximum atomic E-state index is 12.1. The van der Waals surface area contributed by atoms with Gasteiger partial charge in [0.25, 0.3) is 0 Å². The highest BCUT2D eigenvalue weighted by atomic mass is 16.5. The smallest absolute Gasteiger partial charge is 0.225 e. The van der Waals surface area contributed by atoms with Crippen molar-refractivity contribution in [3.63, 3.8) is 0 Å². The molecule has 1 aliphatic heterocycles. The van der Waals surface area contributed by atoms with E-state index < -0.39 is 0 Å². The molecule has 1 aromatic heterocycles. The van der Waals surface area contributed by atoms with Crippen molar-refractivity contribution in [3.05, 3.63) is 17.0 Å². The molecule has 2 heterocycles. The first-order chi connectivity index (χ1) is 9.40. The summed E-state index contributed by atoms with van der Waals surface area (Å²) in [5, 5.41) is 6.84. The van der Waals surface area contributed by atoms with Gasteiger partial charge >= 0.3 is 0 Å². The molecule has 0 spiro atoms. The van der Waals surface area contributed by atoms with E-state index in [2.05, 4.69) is 10.5 Å². The van der Waals surface area contributed by atoms with Crippen molar-refractivity contribution in [3.8, 4) is 0 Å². The Morgan fingerprint density at radius 2 is 2.25 bits per heavy atom. The van der Waals surface area contributed by atoms with Crippen LogP contribution in [0.5, 0.6) is 0 Å². The fraction of sp³-hybridized carbons (Fsp3) is 0.643. The number of amides is 2. The molecule has 0 aliphatic carbocycles. The second-order valence-corrected chi connectivity index (χ2v) is 5.56. The van der Waals surface area contributed by atoms with Gasteiger partial charge in [0.1, 0.15) is 5.76 Å². The molecule has 1 aromatic rings. The highest BCUT2D eigenvalue weighted by Crippen LogP contribution is 2.23. The molecule has 1 aliphatic rings. The van der Waals surface area contributed by atoms with Crippen molar-refractivity contribution in [2.45, 2.75) is 33.1 Å². The summed E-state index contributed by atoms with van der Waals surface area (Å²) < 4.78 is 5.14. The molecule has 110 valence electrons. The summed E-state index contributed by atoms with van der Waals surface area (Å²) in [6, 6.07) is 0. The van der Waals surface area contributed by atoms with Crippen molar-refractivity contribution in [1.82, 2.24) is 15.4 Å².